The average molecular weight is 338 g/mol. The van der Waals surface area contributed by atoms with Crippen molar-refractivity contribution in [3.63, 3.8) is 0 Å². The predicted octanol–water partition coefficient (Wildman–Crippen LogP) is 1.50. The van der Waals surface area contributed by atoms with Crippen LogP contribution in [0.2, 0.25) is 0 Å². The lowest BCUT2D eigenvalue weighted by molar-refractivity contribution is 0.102. The molecule has 3 aromatic rings. The summed E-state index contributed by atoms with van der Waals surface area (Å²) in [5.41, 5.74) is 1.81. The number of hydrogen-bond donors (Lipinski definition) is 1. The number of hydrogen-bond acceptors (Lipinski definition) is 4. The Balaban J connectivity index is 2.12. The third-order valence-corrected chi connectivity index (χ3v) is 4.17. The van der Waals surface area contributed by atoms with E-state index in [0.717, 1.165) is 10.1 Å². The van der Waals surface area contributed by atoms with Crippen LogP contribution in [-0.2, 0) is 14.1 Å². The highest BCUT2D eigenvalue weighted by Crippen LogP contribution is 2.15. The SMILES string of the molecule is Cc1ccc(NC(=O)c2cc3c(=O)n(C)c(=O)n(C)c3nc2C)cc1. The van der Waals surface area contributed by atoms with Crippen molar-refractivity contribution in [3.05, 3.63) is 68.0 Å². The van der Waals surface area contributed by atoms with Gasteiger partial charge in [0.15, 0.2) is 0 Å². The van der Waals surface area contributed by atoms with Crippen LogP contribution in [0.25, 0.3) is 11.0 Å². The molecule has 1 aromatic carbocycles. The second kappa shape index (κ2) is 6.01. The van der Waals surface area contributed by atoms with Gasteiger partial charge in [0.25, 0.3) is 11.5 Å². The molecule has 1 amide bonds. The smallest absolute Gasteiger partial charge is 0.322 e. The van der Waals surface area contributed by atoms with Gasteiger partial charge in [-0.2, -0.15) is 0 Å². The molecule has 0 bridgehead atoms. The van der Waals surface area contributed by atoms with E-state index in [1.165, 1.54) is 17.7 Å². The van der Waals surface area contributed by atoms with E-state index >= 15 is 0 Å². The summed E-state index contributed by atoms with van der Waals surface area (Å²) >= 11 is 0. The summed E-state index contributed by atoms with van der Waals surface area (Å²) in [6.07, 6.45) is 0. The molecule has 0 saturated carbocycles. The van der Waals surface area contributed by atoms with Gasteiger partial charge in [0, 0.05) is 19.8 Å². The number of fused-ring (bicyclic) bond motifs is 1. The molecule has 25 heavy (non-hydrogen) atoms. The molecular formula is C18H18N4O3. The van der Waals surface area contributed by atoms with Gasteiger partial charge in [-0.05, 0) is 32.0 Å². The fourth-order valence-electron chi connectivity index (χ4n) is 2.65. The van der Waals surface area contributed by atoms with Crippen molar-refractivity contribution in [2.75, 3.05) is 5.32 Å². The minimum absolute atomic E-state index is 0.226. The van der Waals surface area contributed by atoms with Crippen LogP contribution in [0.1, 0.15) is 21.6 Å². The van der Waals surface area contributed by atoms with Crippen LogP contribution in [0.15, 0.2) is 39.9 Å². The summed E-state index contributed by atoms with van der Waals surface area (Å²) in [4.78, 5) is 41.3. The first-order chi connectivity index (χ1) is 11.8. The summed E-state index contributed by atoms with van der Waals surface area (Å²) in [7, 11) is 2.94. The number of rotatable bonds is 2. The van der Waals surface area contributed by atoms with Crippen LogP contribution in [0, 0.1) is 13.8 Å². The molecule has 0 aliphatic carbocycles. The van der Waals surface area contributed by atoms with Crippen LogP contribution >= 0.6 is 0 Å². The fourth-order valence-corrected chi connectivity index (χ4v) is 2.65. The van der Waals surface area contributed by atoms with Gasteiger partial charge in [-0.25, -0.2) is 9.78 Å². The number of carbonyl (C=O) groups is 1. The molecule has 2 heterocycles. The maximum absolute atomic E-state index is 12.6. The highest BCUT2D eigenvalue weighted by molar-refractivity contribution is 6.06. The summed E-state index contributed by atoms with van der Waals surface area (Å²) in [5, 5.41) is 3.02. The number of nitrogens with one attached hydrogen (secondary N) is 1. The lowest BCUT2D eigenvalue weighted by Crippen LogP contribution is -2.37. The van der Waals surface area contributed by atoms with E-state index in [2.05, 4.69) is 10.3 Å². The van der Waals surface area contributed by atoms with Crippen molar-refractivity contribution >= 4 is 22.6 Å². The van der Waals surface area contributed by atoms with E-state index in [9.17, 15) is 14.4 Å². The zero-order valence-corrected chi connectivity index (χ0v) is 14.5. The Morgan fingerprint density at radius 2 is 1.68 bits per heavy atom. The number of aromatic nitrogens is 3. The van der Waals surface area contributed by atoms with Crippen molar-refractivity contribution in [3.8, 4) is 0 Å². The molecule has 7 nitrogen and oxygen atoms in total. The second-order valence-electron chi connectivity index (χ2n) is 6.02. The topological polar surface area (TPSA) is 86.0 Å². The van der Waals surface area contributed by atoms with Gasteiger partial charge in [0.2, 0.25) is 0 Å². The molecule has 0 aliphatic heterocycles. The molecule has 0 atom stereocenters. The number of nitrogens with zero attached hydrogens (tertiary/aromatic N) is 3. The summed E-state index contributed by atoms with van der Waals surface area (Å²) in [6.45, 7) is 3.63. The Hall–Kier alpha value is -3.22. The lowest BCUT2D eigenvalue weighted by atomic mass is 10.1. The van der Waals surface area contributed by atoms with Gasteiger partial charge in [-0.15, -0.1) is 0 Å². The zero-order valence-electron chi connectivity index (χ0n) is 14.5. The highest BCUT2D eigenvalue weighted by Gasteiger charge is 2.16. The Morgan fingerprint density at radius 1 is 1.04 bits per heavy atom. The maximum Gasteiger partial charge on any atom is 0.332 e. The minimum Gasteiger partial charge on any atom is -0.322 e. The number of pyridine rings is 1. The van der Waals surface area contributed by atoms with Crippen molar-refractivity contribution < 1.29 is 4.79 Å². The van der Waals surface area contributed by atoms with Gasteiger partial charge in [0.1, 0.15) is 5.65 Å². The molecule has 2 aromatic heterocycles. The van der Waals surface area contributed by atoms with Crippen molar-refractivity contribution in [2.24, 2.45) is 14.1 Å². The molecule has 0 aliphatic rings. The largest absolute Gasteiger partial charge is 0.332 e. The molecule has 1 N–H and O–H groups in total. The van der Waals surface area contributed by atoms with Gasteiger partial charge in [-0.1, -0.05) is 17.7 Å². The minimum atomic E-state index is -0.477. The normalized spacial score (nSPS) is 10.9. The fraction of sp³-hybridized carbons (Fsp3) is 0.222. The Bertz CT molecular complexity index is 1110. The van der Waals surface area contributed by atoms with E-state index in [1.807, 2.05) is 19.1 Å². The lowest BCUT2D eigenvalue weighted by Gasteiger charge is -2.11. The molecule has 0 radical (unpaired) electrons. The molecule has 3 rings (SSSR count). The monoisotopic (exact) mass is 338 g/mol. The molecule has 0 spiro atoms. The average Bonchev–Trinajstić information content (AvgIpc) is 2.59. The van der Waals surface area contributed by atoms with Gasteiger partial charge in [-0.3, -0.25) is 18.7 Å². The molecule has 7 heteroatoms. The van der Waals surface area contributed by atoms with E-state index in [0.29, 0.717) is 16.9 Å². The predicted molar refractivity (Wildman–Crippen MR) is 96.1 cm³/mol. The molecule has 0 fully saturated rings. The van der Waals surface area contributed by atoms with Crippen LogP contribution in [0.4, 0.5) is 5.69 Å². The van der Waals surface area contributed by atoms with Crippen molar-refractivity contribution in [1.29, 1.82) is 0 Å². The van der Waals surface area contributed by atoms with Crippen LogP contribution in [0.3, 0.4) is 0 Å². The van der Waals surface area contributed by atoms with E-state index in [4.69, 9.17) is 0 Å². The van der Waals surface area contributed by atoms with Gasteiger partial charge in [0.05, 0.1) is 16.6 Å². The van der Waals surface area contributed by atoms with Crippen molar-refractivity contribution in [1.82, 2.24) is 14.1 Å². The second-order valence-corrected chi connectivity index (χ2v) is 6.02. The maximum atomic E-state index is 12.6. The molecule has 128 valence electrons. The van der Waals surface area contributed by atoms with E-state index in [-0.39, 0.29) is 16.9 Å². The Kier molecular flexibility index (Phi) is 4.00. The van der Waals surface area contributed by atoms with Crippen LogP contribution < -0.4 is 16.6 Å². The van der Waals surface area contributed by atoms with Gasteiger partial charge >= 0.3 is 5.69 Å². The van der Waals surface area contributed by atoms with Crippen LogP contribution in [0.5, 0.6) is 0 Å². The number of amides is 1. The molecular weight excluding hydrogens is 320 g/mol. The summed E-state index contributed by atoms with van der Waals surface area (Å²) < 4.78 is 2.30. The first-order valence-electron chi connectivity index (χ1n) is 7.75. The third-order valence-electron chi connectivity index (χ3n) is 4.17. The molecule has 0 saturated heterocycles. The third kappa shape index (κ3) is 2.84. The first kappa shape index (κ1) is 16.6. The van der Waals surface area contributed by atoms with Gasteiger partial charge < -0.3 is 5.32 Å². The molecule has 0 unspecified atom stereocenters. The first-order valence-corrected chi connectivity index (χ1v) is 7.75. The summed E-state index contributed by atoms with van der Waals surface area (Å²) in [6, 6.07) is 8.89. The number of aryl methyl sites for hydroxylation is 3. The highest BCUT2D eigenvalue weighted by atomic mass is 16.2. The van der Waals surface area contributed by atoms with E-state index in [1.54, 1.807) is 26.1 Å². The van der Waals surface area contributed by atoms with E-state index < -0.39 is 11.2 Å². The summed E-state index contributed by atoms with van der Waals surface area (Å²) in [5.74, 6) is -0.355. The number of anilines is 1. The number of carbonyl (C=O) groups excluding carboxylic acids is 1. The standard InChI is InChI=1S/C18H18N4O3/c1-10-5-7-12(8-6-10)20-16(23)13-9-14-15(19-11(13)2)21(3)18(25)22(4)17(14)24/h5-9H,1-4H3,(H,20,23). The zero-order chi connectivity index (χ0) is 18.3. The van der Waals surface area contributed by atoms with Crippen LogP contribution in [-0.4, -0.2) is 20.0 Å². The number of benzene rings is 1. The quantitative estimate of drug-likeness (QED) is 0.767. The Morgan fingerprint density at radius 3 is 2.32 bits per heavy atom. The van der Waals surface area contributed by atoms with Crippen molar-refractivity contribution in [2.45, 2.75) is 13.8 Å². The Labute approximate surface area is 143 Å².